The van der Waals surface area contributed by atoms with Crippen molar-refractivity contribution in [2.45, 2.75) is 25.1 Å². The van der Waals surface area contributed by atoms with Crippen LogP contribution < -0.4 is 16.0 Å². The third kappa shape index (κ3) is 5.80. The van der Waals surface area contributed by atoms with Crippen molar-refractivity contribution in [3.05, 3.63) is 61.2 Å². The van der Waals surface area contributed by atoms with Gasteiger partial charge in [-0.3, -0.25) is 9.08 Å². The molecule has 8 nitrogen and oxygen atoms in total. The Balaban J connectivity index is 0.00000304. The number of pyridine rings is 1. The predicted octanol–water partition coefficient (Wildman–Crippen LogP) is 4.89. The summed E-state index contributed by atoms with van der Waals surface area (Å²) in [7, 11) is 0. The lowest BCUT2D eigenvalue weighted by Crippen LogP contribution is -2.36. The summed E-state index contributed by atoms with van der Waals surface area (Å²) >= 11 is 0. The van der Waals surface area contributed by atoms with E-state index in [0.29, 0.717) is 11.7 Å². The van der Waals surface area contributed by atoms with Crippen LogP contribution in [-0.4, -0.2) is 51.0 Å². The Bertz CT molecular complexity index is 1340. The van der Waals surface area contributed by atoms with Crippen LogP contribution >= 0.6 is 12.4 Å². The van der Waals surface area contributed by atoms with Gasteiger partial charge < -0.3 is 16.0 Å². The first kappa shape index (κ1) is 25.5. The average molecular weight is 520 g/mol. The number of fused-ring (bicyclic) bond motifs is 1. The van der Waals surface area contributed by atoms with Gasteiger partial charge in [0.25, 0.3) is 0 Å². The number of nitrogens with one attached hydrogen (secondary N) is 3. The molecule has 1 aliphatic rings. The van der Waals surface area contributed by atoms with Crippen LogP contribution in [0.25, 0.3) is 28.0 Å². The molecule has 0 radical (unpaired) electrons. The Hall–Kier alpha value is -3.57. The SMILES string of the molecule is Cl.O=C(NCC(F)(F)F)Nc1cccc(-c2cnc3cc(-c4cnn(C5CCNCC5)c4)ccn23)c1. The highest BCUT2D eigenvalue weighted by Crippen LogP contribution is 2.28. The van der Waals surface area contributed by atoms with E-state index >= 15 is 0 Å². The summed E-state index contributed by atoms with van der Waals surface area (Å²) in [4.78, 5) is 16.3. The van der Waals surface area contributed by atoms with Gasteiger partial charge in [0, 0.05) is 29.2 Å². The molecule has 0 bridgehead atoms. The van der Waals surface area contributed by atoms with E-state index in [1.165, 1.54) is 0 Å². The molecule has 190 valence electrons. The van der Waals surface area contributed by atoms with Crippen LogP contribution in [0.1, 0.15) is 18.9 Å². The van der Waals surface area contributed by atoms with Gasteiger partial charge in [0.1, 0.15) is 12.2 Å². The van der Waals surface area contributed by atoms with Gasteiger partial charge in [-0.25, -0.2) is 9.78 Å². The van der Waals surface area contributed by atoms with E-state index in [1.807, 2.05) is 39.7 Å². The molecule has 2 amide bonds. The zero-order valence-electron chi connectivity index (χ0n) is 19.1. The second kappa shape index (κ2) is 10.6. The Morgan fingerprint density at radius 2 is 1.89 bits per heavy atom. The average Bonchev–Trinajstić information content (AvgIpc) is 3.50. The van der Waals surface area contributed by atoms with Gasteiger partial charge in [-0.05, 0) is 55.8 Å². The Morgan fingerprint density at radius 3 is 2.67 bits per heavy atom. The summed E-state index contributed by atoms with van der Waals surface area (Å²) in [6, 6.07) is 10.3. The van der Waals surface area contributed by atoms with Crippen LogP contribution in [0.2, 0.25) is 0 Å². The fraction of sp³-hybridized carbons (Fsp3) is 0.292. The van der Waals surface area contributed by atoms with Crippen molar-refractivity contribution < 1.29 is 18.0 Å². The maximum Gasteiger partial charge on any atom is 0.405 e. The fourth-order valence-electron chi connectivity index (χ4n) is 4.24. The number of nitrogens with zero attached hydrogens (tertiary/aromatic N) is 4. The number of carbonyl (C=O) groups excluding carboxylic acids is 1. The number of hydrogen-bond donors (Lipinski definition) is 3. The lowest BCUT2D eigenvalue weighted by molar-refractivity contribution is -0.122. The molecule has 12 heteroatoms. The number of piperidine rings is 1. The van der Waals surface area contributed by atoms with Crippen molar-refractivity contribution in [2.24, 2.45) is 0 Å². The van der Waals surface area contributed by atoms with Crippen molar-refractivity contribution in [3.63, 3.8) is 0 Å². The quantitative estimate of drug-likeness (QED) is 0.350. The number of carbonyl (C=O) groups is 1. The highest BCUT2D eigenvalue weighted by molar-refractivity contribution is 5.90. The standard InChI is InChI=1S/C24H24F3N7O.ClH/c25-24(26,27)15-30-23(35)32-19-3-1-2-17(10-19)21-13-29-22-11-16(6-9-33(21)22)18-12-31-34(14-18)20-4-7-28-8-5-20;/h1-3,6,9-14,20,28H,4-5,7-8,15H2,(H2,30,32,35);1H. The smallest absolute Gasteiger partial charge is 0.329 e. The number of amides is 2. The van der Waals surface area contributed by atoms with Crippen molar-refractivity contribution in [2.75, 3.05) is 25.0 Å². The van der Waals surface area contributed by atoms with Crippen molar-refractivity contribution >= 4 is 29.8 Å². The van der Waals surface area contributed by atoms with E-state index in [4.69, 9.17) is 0 Å². The molecule has 0 aliphatic carbocycles. The summed E-state index contributed by atoms with van der Waals surface area (Å²) in [5.74, 6) is 0. The minimum atomic E-state index is -4.47. The molecule has 5 rings (SSSR count). The molecule has 1 saturated heterocycles. The van der Waals surface area contributed by atoms with Crippen LogP contribution in [0.4, 0.5) is 23.7 Å². The van der Waals surface area contributed by atoms with Gasteiger partial charge >= 0.3 is 12.2 Å². The second-order valence-electron chi connectivity index (χ2n) is 8.48. The maximum absolute atomic E-state index is 12.3. The first-order valence-electron chi connectivity index (χ1n) is 11.3. The first-order chi connectivity index (χ1) is 16.9. The van der Waals surface area contributed by atoms with Gasteiger partial charge in [0.05, 0.1) is 24.1 Å². The summed E-state index contributed by atoms with van der Waals surface area (Å²) < 4.78 is 40.9. The van der Waals surface area contributed by atoms with Gasteiger partial charge in [0.15, 0.2) is 0 Å². The molecule has 4 heterocycles. The van der Waals surface area contributed by atoms with Crippen LogP contribution in [0.3, 0.4) is 0 Å². The molecule has 0 saturated carbocycles. The molecule has 0 unspecified atom stereocenters. The van der Waals surface area contributed by atoms with Crippen LogP contribution in [-0.2, 0) is 0 Å². The number of rotatable bonds is 5. The summed E-state index contributed by atoms with van der Waals surface area (Å²) in [6.07, 6.45) is 5.23. The lowest BCUT2D eigenvalue weighted by atomic mass is 10.1. The molecule has 1 aromatic carbocycles. The highest BCUT2D eigenvalue weighted by atomic mass is 35.5. The molecule has 1 aliphatic heterocycles. The van der Waals surface area contributed by atoms with E-state index in [9.17, 15) is 18.0 Å². The predicted molar refractivity (Wildman–Crippen MR) is 133 cm³/mol. The topological polar surface area (TPSA) is 88.3 Å². The van der Waals surface area contributed by atoms with Gasteiger partial charge in [-0.2, -0.15) is 18.3 Å². The van der Waals surface area contributed by atoms with Gasteiger partial charge in [0.2, 0.25) is 0 Å². The Labute approximate surface area is 211 Å². The van der Waals surface area contributed by atoms with E-state index in [-0.39, 0.29) is 12.4 Å². The molecule has 3 aromatic heterocycles. The maximum atomic E-state index is 12.3. The third-order valence-corrected chi connectivity index (χ3v) is 6.00. The zero-order valence-corrected chi connectivity index (χ0v) is 19.9. The number of urea groups is 1. The summed E-state index contributed by atoms with van der Waals surface area (Å²) in [5.41, 5.74) is 4.69. The van der Waals surface area contributed by atoms with E-state index in [2.05, 4.69) is 26.9 Å². The monoisotopic (exact) mass is 519 g/mol. The second-order valence-corrected chi connectivity index (χ2v) is 8.48. The van der Waals surface area contributed by atoms with Crippen LogP contribution in [0.15, 0.2) is 61.2 Å². The molecule has 4 aromatic rings. The van der Waals surface area contributed by atoms with Crippen LogP contribution in [0, 0.1) is 0 Å². The minimum absolute atomic E-state index is 0. The molecule has 3 N–H and O–H groups in total. The third-order valence-electron chi connectivity index (χ3n) is 6.00. The number of benzene rings is 1. The van der Waals surface area contributed by atoms with Crippen molar-refractivity contribution in [1.82, 2.24) is 29.8 Å². The van der Waals surface area contributed by atoms with E-state index in [0.717, 1.165) is 54.0 Å². The van der Waals surface area contributed by atoms with Crippen molar-refractivity contribution in [1.29, 1.82) is 0 Å². The van der Waals surface area contributed by atoms with Crippen LogP contribution in [0.5, 0.6) is 0 Å². The molecule has 36 heavy (non-hydrogen) atoms. The summed E-state index contributed by atoms with van der Waals surface area (Å²) in [6.45, 7) is 0.597. The number of anilines is 1. The molecule has 0 spiro atoms. The van der Waals surface area contributed by atoms with Crippen molar-refractivity contribution in [3.8, 4) is 22.4 Å². The summed E-state index contributed by atoms with van der Waals surface area (Å²) in [5, 5.41) is 12.2. The highest BCUT2D eigenvalue weighted by Gasteiger charge is 2.27. The Kier molecular flexibility index (Phi) is 7.51. The normalized spacial score (nSPS) is 14.4. The number of halogens is 4. The molecule has 0 atom stereocenters. The largest absolute Gasteiger partial charge is 0.405 e. The van der Waals surface area contributed by atoms with E-state index < -0.39 is 18.8 Å². The van der Waals surface area contributed by atoms with E-state index in [1.54, 1.807) is 29.7 Å². The van der Waals surface area contributed by atoms with Gasteiger partial charge in [-0.15, -0.1) is 12.4 Å². The minimum Gasteiger partial charge on any atom is -0.329 e. The Morgan fingerprint density at radius 1 is 1.08 bits per heavy atom. The number of imidazole rings is 1. The number of alkyl halides is 3. The number of hydrogen-bond acceptors (Lipinski definition) is 4. The van der Waals surface area contributed by atoms with Gasteiger partial charge in [-0.1, -0.05) is 12.1 Å². The first-order valence-corrected chi connectivity index (χ1v) is 11.3. The molecule has 1 fully saturated rings. The zero-order chi connectivity index (χ0) is 24.4. The fourth-order valence-corrected chi connectivity index (χ4v) is 4.24. The molecular formula is C24H25ClF3N7O. The number of aromatic nitrogens is 4. The lowest BCUT2D eigenvalue weighted by Gasteiger charge is -2.22. The molecular weight excluding hydrogens is 495 g/mol.